The Morgan fingerprint density at radius 2 is 2.19 bits per heavy atom. The fraction of sp³-hybridized carbons (Fsp3) is 0.556. The Labute approximate surface area is 156 Å². The van der Waals surface area contributed by atoms with Gasteiger partial charge in [0, 0.05) is 4.88 Å². The van der Waals surface area contributed by atoms with Crippen molar-refractivity contribution in [2.45, 2.75) is 53.1 Å². The van der Waals surface area contributed by atoms with Crippen LogP contribution in [0.2, 0.25) is 0 Å². The van der Waals surface area contributed by atoms with Crippen molar-refractivity contribution in [3.05, 3.63) is 33.3 Å². The van der Waals surface area contributed by atoms with Crippen LogP contribution in [0.25, 0.3) is 0 Å². The monoisotopic (exact) mass is 376 g/mol. The zero-order valence-electron chi connectivity index (χ0n) is 15.3. The van der Waals surface area contributed by atoms with Gasteiger partial charge in [-0.1, -0.05) is 26.0 Å². The second-order valence-corrected chi connectivity index (χ2v) is 8.99. The summed E-state index contributed by atoms with van der Waals surface area (Å²) in [4.78, 5) is 25.1. The summed E-state index contributed by atoms with van der Waals surface area (Å²) in [5, 5.41) is 19.2. The molecular formula is C18H24N4O3S. The highest BCUT2D eigenvalue weighted by molar-refractivity contribution is 7.14. The molecule has 0 radical (unpaired) electrons. The van der Waals surface area contributed by atoms with Crippen molar-refractivity contribution in [3.63, 3.8) is 0 Å². The van der Waals surface area contributed by atoms with E-state index in [2.05, 4.69) is 36.4 Å². The van der Waals surface area contributed by atoms with Gasteiger partial charge in [0.05, 0.1) is 17.6 Å². The minimum Gasteiger partial charge on any atom is -0.480 e. The molecule has 2 aromatic heterocycles. The molecule has 8 heteroatoms. The smallest absolute Gasteiger partial charge is 0.325 e. The molecule has 2 heterocycles. The summed E-state index contributed by atoms with van der Waals surface area (Å²) in [6, 6.07) is 2.02. The van der Waals surface area contributed by atoms with E-state index in [0.29, 0.717) is 11.6 Å². The van der Waals surface area contributed by atoms with E-state index in [1.54, 1.807) is 11.3 Å². The van der Waals surface area contributed by atoms with Crippen LogP contribution in [0.1, 0.15) is 53.0 Å². The van der Waals surface area contributed by atoms with E-state index in [4.69, 9.17) is 5.11 Å². The lowest BCUT2D eigenvalue weighted by molar-refractivity contribution is -0.137. The number of aryl methyl sites for hydroxylation is 1. The first-order valence-electron chi connectivity index (χ1n) is 8.73. The molecule has 0 spiro atoms. The summed E-state index contributed by atoms with van der Waals surface area (Å²) < 4.78 is 1.24. The van der Waals surface area contributed by atoms with Gasteiger partial charge >= 0.3 is 5.97 Å². The summed E-state index contributed by atoms with van der Waals surface area (Å²) in [5.74, 6) is -0.461. The molecule has 26 heavy (non-hydrogen) atoms. The van der Waals surface area contributed by atoms with E-state index in [1.807, 2.05) is 6.07 Å². The maximum absolute atomic E-state index is 12.4. The van der Waals surface area contributed by atoms with Gasteiger partial charge in [-0.25, -0.2) is 4.68 Å². The number of carboxylic acids is 1. The van der Waals surface area contributed by atoms with E-state index >= 15 is 0 Å². The number of thiophene rings is 1. The maximum atomic E-state index is 12.4. The highest BCUT2D eigenvalue weighted by atomic mass is 32.1. The number of hydrogen-bond donors (Lipinski definition) is 2. The van der Waals surface area contributed by atoms with Crippen molar-refractivity contribution >= 4 is 23.2 Å². The van der Waals surface area contributed by atoms with Crippen LogP contribution in [-0.2, 0) is 30.7 Å². The molecular weight excluding hydrogens is 352 g/mol. The third-order valence-corrected chi connectivity index (χ3v) is 6.08. The van der Waals surface area contributed by atoms with Crippen LogP contribution in [0.3, 0.4) is 0 Å². The molecule has 1 aliphatic rings. The molecule has 0 aliphatic heterocycles. The number of aromatic nitrogens is 3. The minimum atomic E-state index is -0.983. The Hall–Kier alpha value is -2.22. The van der Waals surface area contributed by atoms with E-state index in [-0.39, 0.29) is 24.4 Å². The van der Waals surface area contributed by atoms with Crippen LogP contribution < -0.4 is 5.32 Å². The first-order chi connectivity index (χ1) is 12.2. The lowest BCUT2D eigenvalue weighted by Crippen LogP contribution is -2.26. The predicted molar refractivity (Wildman–Crippen MR) is 98.1 cm³/mol. The molecule has 3 rings (SSSR count). The van der Waals surface area contributed by atoms with Gasteiger partial charge in [-0.05, 0) is 42.2 Å². The normalized spacial score (nSPS) is 17.0. The summed E-state index contributed by atoms with van der Waals surface area (Å²) >= 11 is 1.57. The Balaban J connectivity index is 1.60. The standard InChI is InChI=1S/C18H24N4O3S/c1-18(2,3)12-4-5-14-11(6-12)7-15(26-14)17(25)19-8-13-9-22(21-20-13)10-16(23)24/h7,9,12H,4-6,8,10H2,1-3H3,(H,19,25)(H,23,24). The SMILES string of the molecule is CC(C)(C)C1CCc2sc(C(=O)NCc3cn(CC(=O)O)nn3)cc2C1. The minimum absolute atomic E-state index is 0.121. The number of nitrogens with zero attached hydrogens (tertiary/aromatic N) is 3. The number of carbonyl (C=O) groups excluding carboxylic acids is 1. The molecule has 2 N–H and O–H groups in total. The summed E-state index contributed by atoms with van der Waals surface area (Å²) in [7, 11) is 0. The van der Waals surface area contributed by atoms with Crippen LogP contribution in [0, 0.1) is 11.3 Å². The average Bonchev–Trinajstić information content (AvgIpc) is 3.16. The lowest BCUT2D eigenvalue weighted by atomic mass is 9.72. The molecule has 1 aliphatic carbocycles. The van der Waals surface area contributed by atoms with Gasteiger partial charge in [-0.2, -0.15) is 0 Å². The second-order valence-electron chi connectivity index (χ2n) is 7.85. The predicted octanol–water partition coefficient (Wildman–Crippen LogP) is 2.51. The number of carboxylic acid groups (broad SMARTS) is 1. The molecule has 1 amide bonds. The Bertz CT molecular complexity index is 819. The Morgan fingerprint density at radius 1 is 1.42 bits per heavy atom. The van der Waals surface area contributed by atoms with E-state index < -0.39 is 5.97 Å². The van der Waals surface area contributed by atoms with Crippen molar-refractivity contribution in [2.24, 2.45) is 11.3 Å². The third-order valence-electron chi connectivity index (χ3n) is 4.84. The van der Waals surface area contributed by atoms with Crippen LogP contribution in [0.4, 0.5) is 0 Å². The molecule has 0 saturated heterocycles. The van der Waals surface area contributed by atoms with Crippen molar-refractivity contribution < 1.29 is 14.7 Å². The number of fused-ring (bicyclic) bond motifs is 1. The third kappa shape index (κ3) is 4.30. The summed E-state index contributed by atoms with van der Waals surface area (Å²) in [5.41, 5.74) is 2.12. The number of carbonyl (C=O) groups is 2. The fourth-order valence-electron chi connectivity index (χ4n) is 3.27. The van der Waals surface area contributed by atoms with Crippen LogP contribution in [0.5, 0.6) is 0 Å². The van der Waals surface area contributed by atoms with Crippen molar-refractivity contribution in [3.8, 4) is 0 Å². The molecule has 1 atom stereocenters. The molecule has 1 unspecified atom stereocenters. The second kappa shape index (κ2) is 7.19. The van der Waals surface area contributed by atoms with Crippen LogP contribution in [0.15, 0.2) is 12.3 Å². The first-order valence-corrected chi connectivity index (χ1v) is 9.54. The quantitative estimate of drug-likeness (QED) is 0.836. The number of nitrogens with one attached hydrogen (secondary N) is 1. The molecule has 140 valence electrons. The summed E-state index contributed by atoms with van der Waals surface area (Å²) in [6.07, 6.45) is 4.78. The largest absolute Gasteiger partial charge is 0.480 e. The van der Waals surface area contributed by atoms with Crippen LogP contribution >= 0.6 is 11.3 Å². The zero-order chi connectivity index (χ0) is 18.9. The number of rotatable bonds is 5. The topological polar surface area (TPSA) is 97.1 Å². The maximum Gasteiger partial charge on any atom is 0.325 e. The van der Waals surface area contributed by atoms with E-state index in [0.717, 1.165) is 17.7 Å². The fourth-order valence-corrected chi connectivity index (χ4v) is 4.39. The molecule has 0 saturated carbocycles. The van der Waals surface area contributed by atoms with Crippen molar-refractivity contribution in [1.82, 2.24) is 20.3 Å². The van der Waals surface area contributed by atoms with E-state index in [9.17, 15) is 9.59 Å². The molecule has 7 nitrogen and oxygen atoms in total. The highest BCUT2D eigenvalue weighted by Gasteiger charge is 2.30. The first kappa shape index (κ1) is 18.6. The number of aliphatic carboxylic acids is 1. The van der Waals surface area contributed by atoms with Gasteiger partial charge in [-0.15, -0.1) is 16.4 Å². The molecule has 0 fully saturated rings. The van der Waals surface area contributed by atoms with E-state index in [1.165, 1.54) is 27.7 Å². The molecule has 0 aromatic carbocycles. The van der Waals surface area contributed by atoms with Crippen molar-refractivity contribution in [1.29, 1.82) is 0 Å². The van der Waals surface area contributed by atoms with Crippen LogP contribution in [-0.4, -0.2) is 32.0 Å². The number of hydrogen-bond acceptors (Lipinski definition) is 5. The lowest BCUT2D eigenvalue weighted by Gasteiger charge is -2.33. The zero-order valence-corrected chi connectivity index (χ0v) is 16.1. The molecule has 2 aromatic rings. The van der Waals surface area contributed by atoms with Gasteiger partial charge in [0.25, 0.3) is 5.91 Å². The molecule has 0 bridgehead atoms. The number of amides is 1. The van der Waals surface area contributed by atoms with Gasteiger partial charge < -0.3 is 10.4 Å². The highest BCUT2D eigenvalue weighted by Crippen LogP contribution is 2.40. The van der Waals surface area contributed by atoms with Crippen molar-refractivity contribution in [2.75, 3.05) is 0 Å². The van der Waals surface area contributed by atoms with Gasteiger partial charge in [0.15, 0.2) is 0 Å². The van der Waals surface area contributed by atoms with Gasteiger partial charge in [-0.3, -0.25) is 9.59 Å². The van der Waals surface area contributed by atoms with Gasteiger partial charge in [0.2, 0.25) is 0 Å². The average molecular weight is 376 g/mol. The Morgan fingerprint density at radius 3 is 2.88 bits per heavy atom. The van der Waals surface area contributed by atoms with Gasteiger partial charge in [0.1, 0.15) is 12.2 Å². The summed E-state index contributed by atoms with van der Waals surface area (Å²) in [6.45, 7) is 6.82. The Kier molecular flexibility index (Phi) is 5.13.